The Morgan fingerprint density at radius 1 is 1.53 bits per heavy atom. The fraction of sp³-hybridized carbons (Fsp3) is 0.700. The van der Waals surface area contributed by atoms with E-state index in [4.69, 9.17) is 10.5 Å². The van der Waals surface area contributed by atoms with Crippen LogP contribution in [0.2, 0.25) is 0 Å². The van der Waals surface area contributed by atoms with Crippen molar-refractivity contribution in [3.63, 3.8) is 0 Å². The Hall–Kier alpha value is -0.650. The summed E-state index contributed by atoms with van der Waals surface area (Å²) in [7, 11) is 2.03. The number of aryl methyl sites for hydroxylation is 1. The highest BCUT2D eigenvalue weighted by atomic mass is 32.1. The normalized spacial score (nSPS) is 10.7. The summed E-state index contributed by atoms with van der Waals surface area (Å²) in [5, 5.41) is 1.02. The van der Waals surface area contributed by atoms with E-state index >= 15 is 0 Å². The molecule has 1 aromatic rings. The molecule has 0 aliphatic carbocycles. The van der Waals surface area contributed by atoms with Crippen LogP contribution < -0.4 is 10.6 Å². The number of aromatic nitrogens is 1. The summed E-state index contributed by atoms with van der Waals surface area (Å²) in [6.07, 6.45) is 0. The highest BCUT2D eigenvalue weighted by Crippen LogP contribution is 2.24. The monoisotopic (exact) mass is 229 g/mol. The fourth-order valence-corrected chi connectivity index (χ4v) is 2.13. The van der Waals surface area contributed by atoms with Gasteiger partial charge in [0.15, 0.2) is 5.13 Å². The van der Waals surface area contributed by atoms with Crippen molar-refractivity contribution in [3.05, 3.63) is 10.6 Å². The molecule has 1 rings (SSSR count). The van der Waals surface area contributed by atoms with Crippen LogP contribution in [0.5, 0.6) is 0 Å². The number of anilines is 1. The van der Waals surface area contributed by atoms with Crippen molar-refractivity contribution in [1.29, 1.82) is 0 Å². The predicted molar refractivity (Wildman–Crippen MR) is 64.5 cm³/mol. The summed E-state index contributed by atoms with van der Waals surface area (Å²) in [5.74, 6) is 0. The Morgan fingerprint density at radius 2 is 2.27 bits per heavy atom. The molecule has 0 aromatic carbocycles. The Balaban J connectivity index is 2.53. The topological polar surface area (TPSA) is 51.4 Å². The Bertz CT molecular complexity index is 301. The second-order valence-electron chi connectivity index (χ2n) is 3.33. The van der Waals surface area contributed by atoms with Gasteiger partial charge in [-0.05, 0) is 13.8 Å². The molecule has 2 N–H and O–H groups in total. The standard InChI is InChI=1S/C10H19N3OS/c1-4-14-6-5-13(3)10-12-8(2)9(7-11)15-10/h4-7,11H2,1-3H3. The maximum Gasteiger partial charge on any atom is 0.185 e. The number of likely N-dealkylation sites (N-methyl/N-ethyl adjacent to an activating group) is 1. The van der Waals surface area contributed by atoms with E-state index in [-0.39, 0.29) is 0 Å². The van der Waals surface area contributed by atoms with Crippen LogP contribution in [-0.4, -0.2) is 31.8 Å². The molecular weight excluding hydrogens is 210 g/mol. The van der Waals surface area contributed by atoms with E-state index in [1.54, 1.807) is 11.3 Å². The molecule has 0 spiro atoms. The first-order chi connectivity index (χ1) is 7.19. The van der Waals surface area contributed by atoms with Gasteiger partial charge in [-0.25, -0.2) is 4.98 Å². The molecule has 1 heterocycles. The summed E-state index contributed by atoms with van der Waals surface area (Å²) < 4.78 is 5.30. The van der Waals surface area contributed by atoms with Gasteiger partial charge in [-0.1, -0.05) is 0 Å². The summed E-state index contributed by atoms with van der Waals surface area (Å²) >= 11 is 1.66. The molecule has 4 nitrogen and oxygen atoms in total. The van der Waals surface area contributed by atoms with Gasteiger partial charge in [-0.2, -0.15) is 0 Å². The lowest BCUT2D eigenvalue weighted by atomic mass is 10.4. The minimum absolute atomic E-state index is 0.572. The lowest BCUT2D eigenvalue weighted by molar-refractivity contribution is 0.154. The number of hydrogen-bond donors (Lipinski definition) is 1. The maximum atomic E-state index is 5.61. The highest BCUT2D eigenvalue weighted by Gasteiger charge is 2.09. The van der Waals surface area contributed by atoms with Crippen molar-refractivity contribution in [2.45, 2.75) is 20.4 Å². The summed E-state index contributed by atoms with van der Waals surface area (Å²) in [6, 6.07) is 0. The van der Waals surface area contributed by atoms with Gasteiger partial charge in [0.2, 0.25) is 0 Å². The van der Waals surface area contributed by atoms with Crippen LogP contribution >= 0.6 is 11.3 Å². The summed E-state index contributed by atoms with van der Waals surface area (Å²) in [6.45, 7) is 6.94. The largest absolute Gasteiger partial charge is 0.380 e. The Kier molecular flexibility index (Phi) is 5.01. The van der Waals surface area contributed by atoms with Crippen molar-refractivity contribution < 1.29 is 4.74 Å². The van der Waals surface area contributed by atoms with Crippen molar-refractivity contribution in [2.75, 3.05) is 31.7 Å². The minimum Gasteiger partial charge on any atom is -0.380 e. The molecule has 0 atom stereocenters. The fourth-order valence-electron chi connectivity index (χ4n) is 1.21. The van der Waals surface area contributed by atoms with Crippen molar-refractivity contribution >= 4 is 16.5 Å². The first-order valence-corrected chi connectivity index (χ1v) is 5.96. The van der Waals surface area contributed by atoms with Crippen LogP contribution in [0.15, 0.2) is 0 Å². The zero-order valence-corrected chi connectivity index (χ0v) is 10.4. The first-order valence-electron chi connectivity index (χ1n) is 5.14. The van der Waals surface area contributed by atoms with Gasteiger partial charge in [0.05, 0.1) is 12.3 Å². The molecule has 0 fully saturated rings. The molecule has 0 unspecified atom stereocenters. The molecule has 1 aromatic heterocycles. The predicted octanol–water partition coefficient (Wildman–Crippen LogP) is 1.38. The zero-order chi connectivity index (χ0) is 11.3. The van der Waals surface area contributed by atoms with Gasteiger partial charge in [0, 0.05) is 31.6 Å². The first kappa shape index (κ1) is 12.4. The van der Waals surface area contributed by atoms with Gasteiger partial charge in [-0.3, -0.25) is 0 Å². The highest BCUT2D eigenvalue weighted by molar-refractivity contribution is 7.15. The molecule has 0 radical (unpaired) electrons. The molecule has 5 heteroatoms. The second kappa shape index (κ2) is 6.05. The van der Waals surface area contributed by atoms with E-state index in [1.807, 2.05) is 20.9 Å². The zero-order valence-electron chi connectivity index (χ0n) is 9.62. The molecular formula is C10H19N3OS. The maximum absolute atomic E-state index is 5.61. The molecule has 15 heavy (non-hydrogen) atoms. The molecule has 0 aliphatic rings. The molecule has 0 aliphatic heterocycles. The smallest absolute Gasteiger partial charge is 0.185 e. The van der Waals surface area contributed by atoms with Crippen molar-refractivity contribution in [3.8, 4) is 0 Å². The number of rotatable bonds is 6. The average molecular weight is 229 g/mol. The SMILES string of the molecule is CCOCCN(C)c1nc(C)c(CN)s1. The van der Waals surface area contributed by atoms with Crippen LogP contribution in [0.25, 0.3) is 0 Å². The van der Waals surface area contributed by atoms with Gasteiger partial charge < -0.3 is 15.4 Å². The third kappa shape index (κ3) is 3.44. The van der Waals surface area contributed by atoms with Crippen LogP contribution in [0.3, 0.4) is 0 Å². The van der Waals surface area contributed by atoms with Crippen LogP contribution in [0.4, 0.5) is 5.13 Å². The average Bonchev–Trinajstić information content (AvgIpc) is 2.60. The number of nitrogens with zero attached hydrogens (tertiary/aromatic N) is 2. The number of hydrogen-bond acceptors (Lipinski definition) is 5. The van der Waals surface area contributed by atoms with E-state index in [1.165, 1.54) is 0 Å². The van der Waals surface area contributed by atoms with E-state index in [0.717, 1.165) is 35.5 Å². The van der Waals surface area contributed by atoms with E-state index in [9.17, 15) is 0 Å². The van der Waals surface area contributed by atoms with Gasteiger partial charge >= 0.3 is 0 Å². The van der Waals surface area contributed by atoms with E-state index in [2.05, 4.69) is 9.88 Å². The van der Waals surface area contributed by atoms with Gasteiger partial charge in [0.1, 0.15) is 0 Å². The quantitative estimate of drug-likeness (QED) is 0.749. The van der Waals surface area contributed by atoms with E-state index in [0.29, 0.717) is 6.54 Å². The van der Waals surface area contributed by atoms with Crippen LogP contribution in [-0.2, 0) is 11.3 Å². The van der Waals surface area contributed by atoms with Gasteiger partial charge in [0.25, 0.3) is 0 Å². The van der Waals surface area contributed by atoms with Crippen LogP contribution in [0, 0.1) is 6.92 Å². The third-order valence-electron chi connectivity index (χ3n) is 2.17. The number of nitrogens with two attached hydrogens (primary N) is 1. The van der Waals surface area contributed by atoms with Gasteiger partial charge in [-0.15, -0.1) is 11.3 Å². The summed E-state index contributed by atoms with van der Waals surface area (Å²) in [5.41, 5.74) is 6.66. The number of thiazole rings is 1. The van der Waals surface area contributed by atoms with E-state index < -0.39 is 0 Å². The second-order valence-corrected chi connectivity index (χ2v) is 4.39. The molecule has 0 amide bonds. The van der Waals surface area contributed by atoms with Crippen LogP contribution in [0.1, 0.15) is 17.5 Å². The van der Waals surface area contributed by atoms with Crippen molar-refractivity contribution in [2.24, 2.45) is 5.73 Å². The lowest BCUT2D eigenvalue weighted by Gasteiger charge is -2.14. The molecule has 86 valence electrons. The Morgan fingerprint density at radius 3 is 2.80 bits per heavy atom. The molecule has 0 saturated heterocycles. The Labute approximate surface area is 95.1 Å². The minimum atomic E-state index is 0.572. The lowest BCUT2D eigenvalue weighted by Crippen LogP contribution is -2.22. The molecule has 0 bridgehead atoms. The van der Waals surface area contributed by atoms with Crippen molar-refractivity contribution in [1.82, 2.24) is 4.98 Å². The summed E-state index contributed by atoms with van der Waals surface area (Å²) in [4.78, 5) is 7.73. The molecule has 0 saturated carbocycles. The number of ether oxygens (including phenoxy) is 1. The third-order valence-corrected chi connectivity index (χ3v) is 3.46.